The van der Waals surface area contributed by atoms with Crippen molar-refractivity contribution in [2.45, 2.75) is 6.61 Å². The number of ether oxygens (including phenoxy) is 1. The summed E-state index contributed by atoms with van der Waals surface area (Å²) in [5.74, 6) is 0. The number of carbonyl (C=O) groups is 1. The molecule has 0 saturated carbocycles. The molecule has 0 fully saturated rings. The molecule has 4 nitrogen and oxygen atoms in total. The molecule has 0 unspecified atom stereocenters. The standard InChI is InChI=1S/C13H11BrN2O2/c14-12-11(7-4-8-15-12)16-13(17)18-9-10-5-2-1-3-6-10/h1-8H,9H2,(H,16,17). The fourth-order valence-electron chi connectivity index (χ4n) is 1.35. The maximum Gasteiger partial charge on any atom is 0.412 e. The fraction of sp³-hybridized carbons (Fsp3) is 0.0769. The zero-order chi connectivity index (χ0) is 12.8. The van der Waals surface area contributed by atoms with E-state index in [0.29, 0.717) is 10.3 Å². The minimum absolute atomic E-state index is 0.241. The van der Waals surface area contributed by atoms with Gasteiger partial charge in [0.25, 0.3) is 0 Å². The quantitative estimate of drug-likeness (QED) is 0.882. The molecule has 1 aromatic heterocycles. The van der Waals surface area contributed by atoms with Crippen LogP contribution in [0.15, 0.2) is 53.3 Å². The molecule has 18 heavy (non-hydrogen) atoms. The number of halogens is 1. The van der Waals surface area contributed by atoms with Gasteiger partial charge >= 0.3 is 6.09 Å². The highest BCUT2D eigenvalue weighted by Gasteiger charge is 2.06. The highest BCUT2D eigenvalue weighted by Crippen LogP contribution is 2.18. The van der Waals surface area contributed by atoms with Crippen molar-refractivity contribution in [2.75, 3.05) is 5.32 Å². The van der Waals surface area contributed by atoms with Gasteiger partial charge in [0, 0.05) is 6.20 Å². The third-order valence-corrected chi connectivity index (χ3v) is 2.84. The molecule has 0 radical (unpaired) electrons. The molecule has 1 N–H and O–H groups in total. The molecule has 1 heterocycles. The van der Waals surface area contributed by atoms with Crippen LogP contribution in [0.4, 0.5) is 10.5 Å². The van der Waals surface area contributed by atoms with Crippen molar-refractivity contribution in [1.29, 1.82) is 0 Å². The third kappa shape index (κ3) is 3.56. The molecule has 0 aliphatic heterocycles. The van der Waals surface area contributed by atoms with Gasteiger partial charge in [-0.2, -0.15) is 0 Å². The Morgan fingerprint density at radius 3 is 2.72 bits per heavy atom. The van der Waals surface area contributed by atoms with E-state index in [9.17, 15) is 4.79 Å². The number of anilines is 1. The van der Waals surface area contributed by atoms with Crippen LogP contribution in [0.3, 0.4) is 0 Å². The van der Waals surface area contributed by atoms with Gasteiger partial charge in [0.2, 0.25) is 0 Å². The van der Waals surface area contributed by atoms with Gasteiger partial charge in [0.1, 0.15) is 11.2 Å². The lowest BCUT2D eigenvalue weighted by molar-refractivity contribution is 0.155. The number of nitrogens with zero attached hydrogens (tertiary/aromatic N) is 1. The normalized spacial score (nSPS) is 9.83. The SMILES string of the molecule is O=C(Nc1cccnc1Br)OCc1ccccc1. The molecule has 1 amide bonds. The molecule has 0 spiro atoms. The maximum atomic E-state index is 11.6. The van der Waals surface area contributed by atoms with Gasteiger partial charge in [-0.25, -0.2) is 9.78 Å². The van der Waals surface area contributed by atoms with Gasteiger partial charge in [-0.15, -0.1) is 0 Å². The summed E-state index contributed by atoms with van der Waals surface area (Å²) >= 11 is 3.24. The molecule has 1 aromatic carbocycles. The first-order valence-corrected chi connectivity index (χ1v) is 6.13. The summed E-state index contributed by atoms with van der Waals surface area (Å²) < 4.78 is 5.66. The van der Waals surface area contributed by atoms with Crippen LogP contribution in [0, 0.1) is 0 Å². The average Bonchev–Trinajstić information content (AvgIpc) is 2.40. The Balaban J connectivity index is 1.88. The first kappa shape index (κ1) is 12.6. The lowest BCUT2D eigenvalue weighted by Gasteiger charge is -2.07. The number of amides is 1. The van der Waals surface area contributed by atoms with Crippen LogP contribution < -0.4 is 5.32 Å². The van der Waals surface area contributed by atoms with Crippen molar-refractivity contribution in [1.82, 2.24) is 4.98 Å². The first-order valence-electron chi connectivity index (χ1n) is 5.34. The lowest BCUT2D eigenvalue weighted by Crippen LogP contribution is -2.14. The van der Waals surface area contributed by atoms with Crippen molar-refractivity contribution in [3.8, 4) is 0 Å². The second kappa shape index (κ2) is 6.16. The van der Waals surface area contributed by atoms with E-state index in [1.807, 2.05) is 30.3 Å². The molecule has 92 valence electrons. The van der Waals surface area contributed by atoms with Gasteiger partial charge in [-0.3, -0.25) is 5.32 Å². The maximum absolute atomic E-state index is 11.6. The second-order valence-electron chi connectivity index (χ2n) is 3.53. The van der Waals surface area contributed by atoms with Crippen LogP contribution in [-0.2, 0) is 11.3 Å². The Morgan fingerprint density at radius 1 is 1.22 bits per heavy atom. The molecule has 0 atom stereocenters. The van der Waals surface area contributed by atoms with Gasteiger partial charge in [0.05, 0.1) is 5.69 Å². The lowest BCUT2D eigenvalue weighted by atomic mass is 10.2. The number of hydrogen-bond donors (Lipinski definition) is 1. The predicted octanol–water partition coefficient (Wildman–Crippen LogP) is 3.59. The average molecular weight is 307 g/mol. The Morgan fingerprint density at radius 2 is 2.00 bits per heavy atom. The number of hydrogen-bond acceptors (Lipinski definition) is 3. The van der Waals surface area contributed by atoms with Crippen molar-refractivity contribution >= 4 is 27.7 Å². The van der Waals surface area contributed by atoms with Crippen LogP contribution in [0.2, 0.25) is 0 Å². The first-order chi connectivity index (χ1) is 8.75. The Bertz CT molecular complexity index is 532. The predicted molar refractivity (Wildman–Crippen MR) is 72.2 cm³/mol. The minimum atomic E-state index is -0.507. The van der Waals surface area contributed by atoms with Crippen LogP contribution in [0.5, 0.6) is 0 Å². The number of benzene rings is 1. The molecule has 0 aliphatic carbocycles. The smallest absolute Gasteiger partial charge is 0.412 e. The van der Waals surface area contributed by atoms with Gasteiger partial charge in [0.15, 0.2) is 0 Å². The molecule has 0 bridgehead atoms. The van der Waals surface area contributed by atoms with E-state index in [1.165, 1.54) is 0 Å². The monoisotopic (exact) mass is 306 g/mol. The summed E-state index contributed by atoms with van der Waals surface area (Å²) in [6, 6.07) is 13.0. The summed E-state index contributed by atoms with van der Waals surface area (Å²) in [5, 5.41) is 2.61. The summed E-state index contributed by atoms with van der Waals surface area (Å²) in [5.41, 5.74) is 1.52. The number of aromatic nitrogens is 1. The van der Waals surface area contributed by atoms with E-state index in [1.54, 1.807) is 18.3 Å². The van der Waals surface area contributed by atoms with E-state index in [-0.39, 0.29) is 6.61 Å². The van der Waals surface area contributed by atoms with Crippen LogP contribution >= 0.6 is 15.9 Å². The van der Waals surface area contributed by atoms with E-state index >= 15 is 0 Å². The molecule has 2 aromatic rings. The minimum Gasteiger partial charge on any atom is -0.444 e. The summed E-state index contributed by atoms with van der Waals surface area (Å²) in [6.45, 7) is 0.241. The number of rotatable bonds is 3. The summed E-state index contributed by atoms with van der Waals surface area (Å²) in [7, 11) is 0. The van der Waals surface area contributed by atoms with E-state index in [4.69, 9.17) is 4.74 Å². The zero-order valence-electron chi connectivity index (χ0n) is 9.47. The number of nitrogens with one attached hydrogen (secondary N) is 1. The van der Waals surface area contributed by atoms with Gasteiger partial charge < -0.3 is 4.74 Å². The van der Waals surface area contributed by atoms with Gasteiger partial charge in [-0.05, 0) is 33.6 Å². The van der Waals surface area contributed by atoms with Crippen molar-refractivity contribution in [3.63, 3.8) is 0 Å². The molecular weight excluding hydrogens is 296 g/mol. The Labute approximate surface area is 113 Å². The molecular formula is C13H11BrN2O2. The number of carbonyl (C=O) groups excluding carboxylic acids is 1. The Kier molecular flexibility index (Phi) is 4.30. The summed E-state index contributed by atoms with van der Waals surface area (Å²) in [4.78, 5) is 15.6. The summed E-state index contributed by atoms with van der Waals surface area (Å²) in [6.07, 6.45) is 1.12. The molecule has 0 saturated heterocycles. The highest BCUT2D eigenvalue weighted by atomic mass is 79.9. The topological polar surface area (TPSA) is 51.2 Å². The molecule has 2 rings (SSSR count). The molecule has 5 heteroatoms. The number of pyridine rings is 1. The van der Waals surface area contributed by atoms with Crippen LogP contribution in [0.1, 0.15) is 5.56 Å². The Hall–Kier alpha value is -1.88. The van der Waals surface area contributed by atoms with Crippen LogP contribution in [0.25, 0.3) is 0 Å². The zero-order valence-corrected chi connectivity index (χ0v) is 11.1. The highest BCUT2D eigenvalue weighted by molar-refractivity contribution is 9.10. The van der Waals surface area contributed by atoms with Crippen LogP contribution in [-0.4, -0.2) is 11.1 Å². The fourth-order valence-corrected chi connectivity index (χ4v) is 1.70. The van der Waals surface area contributed by atoms with E-state index < -0.39 is 6.09 Å². The third-order valence-electron chi connectivity index (χ3n) is 2.21. The van der Waals surface area contributed by atoms with E-state index in [2.05, 4.69) is 26.2 Å². The van der Waals surface area contributed by atoms with E-state index in [0.717, 1.165) is 5.56 Å². The van der Waals surface area contributed by atoms with Gasteiger partial charge in [-0.1, -0.05) is 30.3 Å². The largest absolute Gasteiger partial charge is 0.444 e. The molecule has 0 aliphatic rings. The van der Waals surface area contributed by atoms with Crippen molar-refractivity contribution < 1.29 is 9.53 Å². The van der Waals surface area contributed by atoms with Crippen molar-refractivity contribution in [2.24, 2.45) is 0 Å². The van der Waals surface area contributed by atoms with Crippen molar-refractivity contribution in [3.05, 3.63) is 58.8 Å². The second-order valence-corrected chi connectivity index (χ2v) is 4.28.